The van der Waals surface area contributed by atoms with E-state index in [9.17, 15) is 4.79 Å². The van der Waals surface area contributed by atoms with Crippen LogP contribution >= 0.6 is 0 Å². The molecule has 0 unspecified atom stereocenters. The first-order valence-electron chi connectivity index (χ1n) is 2.63. The van der Waals surface area contributed by atoms with E-state index in [0.29, 0.717) is 5.57 Å². The second-order valence-corrected chi connectivity index (χ2v) is 2.89. The molecule has 0 heterocycles. The van der Waals surface area contributed by atoms with E-state index < -0.39 is 0 Å². The predicted octanol–water partition coefficient (Wildman–Crippen LogP) is 1.79. The van der Waals surface area contributed by atoms with Gasteiger partial charge in [0, 0.05) is 0 Å². The van der Waals surface area contributed by atoms with E-state index in [0.717, 1.165) is 6.29 Å². The fraction of sp³-hybridized carbons (Fsp3) is 0.571. The zero-order valence-corrected chi connectivity index (χ0v) is 5.69. The van der Waals surface area contributed by atoms with E-state index in [-0.39, 0.29) is 5.41 Å². The molecule has 0 amide bonds. The molecular formula is C7H12O. The molecule has 8 heavy (non-hydrogen) atoms. The number of aldehydes is 1. The summed E-state index contributed by atoms with van der Waals surface area (Å²) in [5.74, 6) is 0. The minimum Gasteiger partial charge on any atom is -0.298 e. The van der Waals surface area contributed by atoms with Gasteiger partial charge in [0.15, 0.2) is 0 Å². The Balaban J connectivity index is 4.02. The minimum atomic E-state index is -0.0538. The van der Waals surface area contributed by atoms with Crippen molar-refractivity contribution in [3.63, 3.8) is 0 Å². The van der Waals surface area contributed by atoms with Gasteiger partial charge >= 0.3 is 0 Å². The lowest BCUT2D eigenvalue weighted by molar-refractivity contribution is -0.105. The summed E-state index contributed by atoms with van der Waals surface area (Å²) in [6.07, 6.45) is 0.806. The summed E-state index contributed by atoms with van der Waals surface area (Å²) in [6, 6.07) is 0. The molecule has 0 N–H and O–H groups in total. The van der Waals surface area contributed by atoms with Crippen LogP contribution in [0.3, 0.4) is 0 Å². The topological polar surface area (TPSA) is 17.1 Å². The third kappa shape index (κ3) is 1.92. The lowest BCUT2D eigenvalue weighted by Gasteiger charge is -2.15. The van der Waals surface area contributed by atoms with Gasteiger partial charge in [-0.3, -0.25) is 4.79 Å². The summed E-state index contributed by atoms with van der Waals surface area (Å²) in [5, 5.41) is 0. The molecule has 0 aromatic heterocycles. The molecule has 0 aromatic rings. The van der Waals surface area contributed by atoms with Gasteiger partial charge in [-0.05, 0) is 11.0 Å². The highest BCUT2D eigenvalue weighted by molar-refractivity contribution is 5.73. The summed E-state index contributed by atoms with van der Waals surface area (Å²) in [6.45, 7) is 9.46. The third-order valence-corrected chi connectivity index (χ3v) is 1.11. The Morgan fingerprint density at radius 2 is 1.88 bits per heavy atom. The summed E-state index contributed by atoms with van der Waals surface area (Å²) in [7, 11) is 0. The summed E-state index contributed by atoms with van der Waals surface area (Å²) in [5.41, 5.74) is 0.597. The van der Waals surface area contributed by atoms with Crippen LogP contribution in [0.1, 0.15) is 20.8 Å². The Bertz CT molecular complexity index is 106. The van der Waals surface area contributed by atoms with Gasteiger partial charge in [0.05, 0.1) is 0 Å². The fourth-order valence-corrected chi connectivity index (χ4v) is 0.177. The van der Waals surface area contributed by atoms with Gasteiger partial charge < -0.3 is 0 Å². The van der Waals surface area contributed by atoms with Gasteiger partial charge in [0.2, 0.25) is 0 Å². The lowest BCUT2D eigenvalue weighted by atomic mass is 9.89. The second-order valence-electron chi connectivity index (χ2n) is 2.89. The predicted molar refractivity (Wildman–Crippen MR) is 34.7 cm³/mol. The SMILES string of the molecule is C=C(C=O)C(C)(C)C. The van der Waals surface area contributed by atoms with E-state index in [1.165, 1.54) is 0 Å². The standard InChI is InChI=1S/C7H12O/c1-6(5-8)7(2,3)4/h5H,1H2,2-4H3. The number of hydrogen-bond donors (Lipinski definition) is 0. The molecule has 0 aliphatic rings. The van der Waals surface area contributed by atoms with Crippen molar-refractivity contribution in [3.05, 3.63) is 12.2 Å². The molecule has 0 aromatic carbocycles. The highest BCUT2D eigenvalue weighted by atomic mass is 16.1. The maximum atomic E-state index is 10.1. The first-order chi connectivity index (χ1) is 3.48. The highest BCUT2D eigenvalue weighted by Crippen LogP contribution is 2.20. The van der Waals surface area contributed by atoms with Crippen LogP contribution < -0.4 is 0 Å². The van der Waals surface area contributed by atoms with E-state index in [1.54, 1.807) is 0 Å². The second kappa shape index (κ2) is 2.12. The molecular weight excluding hydrogens is 100 g/mol. The van der Waals surface area contributed by atoms with Crippen LogP contribution in [0.5, 0.6) is 0 Å². The fourth-order valence-electron chi connectivity index (χ4n) is 0.177. The molecule has 1 heteroatoms. The highest BCUT2D eigenvalue weighted by Gasteiger charge is 2.12. The largest absolute Gasteiger partial charge is 0.298 e. The van der Waals surface area contributed by atoms with Crippen molar-refractivity contribution >= 4 is 6.29 Å². The average molecular weight is 112 g/mol. The van der Waals surface area contributed by atoms with Crippen molar-refractivity contribution in [3.8, 4) is 0 Å². The quantitative estimate of drug-likeness (QED) is 0.373. The van der Waals surface area contributed by atoms with Gasteiger partial charge in [0.25, 0.3) is 0 Å². The lowest BCUT2D eigenvalue weighted by Crippen LogP contribution is -2.08. The molecule has 0 saturated heterocycles. The first kappa shape index (κ1) is 7.41. The molecule has 0 rings (SSSR count). The zero-order chi connectivity index (χ0) is 6.78. The van der Waals surface area contributed by atoms with Crippen molar-refractivity contribution in [2.24, 2.45) is 5.41 Å². The molecule has 0 aliphatic heterocycles. The molecule has 0 fully saturated rings. The molecule has 0 aliphatic carbocycles. The van der Waals surface area contributed by atoms with Crippen LogP contribution in [-0.4, -0.2) is 6.29 Å². The molecule has 1 nitrogen and oxygen atoms in total. The number of carbonyl (C=O) groups is 1. The Morgan fingerprint density at radius 1 is 1.50 bits per heavy atom. The Labute approximate surface area is 50.4 Å². The van der Waals surface area contributed by atoms with Gasteiger partial charge in [-0.25, -0.2) is 0 Å². The Kier molecular flexibility index (Phi) is 1.96. The monoisotopic (exact) mass is 112 g/mol. The van der Waals surface area contributed by atoms with Crippen molar-refractivity contribution in [1.82, 2.24) is 0 Å². The number of hydrogen-bond acceptors (Lipinski definition) is 1. The van der Waals surface area contributed by atoms with Gasteiger partial charge in [-0.2, -0.15) is 0 Å². The number of carbonyl (C=O) groups excluding carboxylic acids is 1. The van der Waals surface area contributed by atoms with E-state index in [2.05, 4.69) is 6.58 Å². The van der Waals surface area contributed by atoms with Gasteiger partial charge in [-0.15, -0.1) is 0 Å². The zero-order valence-electron chi connectivity index (χ0n) is 5.69. The average Bonchev–Trinajstić information content (AvgIpc) is 1.62. The van der Waals surface area contributed by atoms with Crippen molar-refractivity contribution in [2.75, 3.05) is 0 Å². The smallest absolute Gasteiger partial charge is 0.145 e. The van der Waals surface area contributed by atoms with E-state index in [1.807, 2.05) is 20.8 Å². The molecule has 0 atom stereocenters. The normalized spacial score (nSPS) is 10.9. The maximum absolute atomic E-state index is 10.1. The van der Waals surface area contributed by atoms with E-state index in [4.69, 9.17) is 0 Å². The Morgan fingerprint density at radius 3 is 1.88 bits per heavy atom. The number of rotatable bonds is 1. The van der Waals surface area contributed by atoms with Crippen LogP contribution in [0, 0.1) is 5.41 Å². The van der Waals surface area contributed by atoms with Crippen molar-refractivity contribution in [1.29, 1.82) is 0 Å². The molecule has 0 saturated carbocycles. The van der Waals surface area contributed by atoms with E-state index >= 15 is 0 Å². The van der Waals surface area contributed by atoms with Crippen molar-refractivity contribution in [2.45, 2.75) is 20.8 Å². The summed E-state index contributed by atoms with van der Waals surface area (Å²) >= 11 is 0. The van der Waals surface area contributed by atoms with Crippen LogP contribution in [0.4, 0.5) is 0 Å². The molecule has 0 bridgehead atoms. The number of allylic oxidation sites excluding steroid dienone is 1. The minimum absolute atomic E-state index is 0.0538. The van der Waals surface area contributed by atoms with Crippen LogP contribution in [0.2, 0.25) is 0 Å². The van der Waals surface area contributed by atoms with Gasteiger partial charge in [-0.1, -0.05) is 27.4 Å². The summed E-state index contributed by atoms with van der Waals surface area (Å²) in [4.78, 5) is 10.1. The molecule has 0 radical (unpaired) electrons. The maximum Gasteiger partial charge on any atom is 0.145 e. The third-order valence-electron chi connectivity index (χ3n) is 1.11. The van der Waals surface area contributed by atoms with Crippen LogP contribution in [-0.2, 0) is 4.79 Å². The molecule has 46 valence electrons. The van der Waals surface area contributed by atoms with Crippen LogP contribution in [0.25, 0.3) is 0 Å². The van der Waals surface area contributed by atoms with Crippen molar-refractivity contribution < 1.29 is 4.79 Å². The van der Waals surface area contributed by atoms with Gasteiger partial charge in [0.1, 0.15) is 6.29 Å². The summed E-state index contributed by atoms with van der Waals surface area (Å²) < 4.78 is 0. The first-order valence-corrected chi connectivity index (χ1v) is 2.63. The molecule has 0 spiro atoms. The Hall–Kier alpha value is -0.590. The van der Waals surface area contributed by atoms with Crippen LogP contribution in [0.15, 0.2) is 12.2 Å².